The van der Waals surface area contributed by atoms with Crippen LogP contribution in [-0.4, -0.2) is 19.9 Å². The molecule has 0 spiro atoms. The highest BCUT2D eigenvalue weighted by atomic mass is 127. The number of rotatable bonds is 2. The Morgan fingerprint density at radius 3 is 3.00 bits per heavy atom. The van der Waals surface area contributed by atoms with Crippen molar-refractivity contribution in [1.29, 1.82) is 0 Å². The van der Waals surface area contributed by atoms with Crippen molar-refractivity contribution in [3.8, 4) is 0 Å². The lowest BCUT2D eigenvalue weighted by Gasteiger charge is -2.07. The zero-order valence-corrected chi connectivity index (χ0v) is 11.3. The molecule has 4 N–H and O–H groups in total. The van der Waals surface area contributed by atoms with E-state index in [0.29, 0.717) is 11.5 Å². The maximum atomic E-state index is 5.65. The Morgan fingerprint density at radius 1 is 1.28 bits per heavy atom. The van der Waals surface area contributed by atoms with Gasteiger partial charge < -0.3 is 16.0 Å². The Bertz CT molecular complexity index is 708. The van der Waals surface area contributed by atoms with Crippen LogP contribution >= 0.6 is 22.6 Å². The number of aromatic nitrogens is 4. The number of nitrogens with zero attached hydrogens (tertiary/aromatic N) is 3. The van der Waals surface area contributed by atoms with Crippen LogP contribution in [0.25, 0.3) is 11.2 Å². The summed E-state index contributed by atoms with van der Waals surface area (Å²) in [6, 6.07) is 7.97. The van der Waals surface area contributed by atoms with Crippen molar-refractivity contribution in [2.45, 2.75) is 0 Å². The van der Waals surface area contributed by atoms with Crippen LogP contribution in [0.5, 0.6) is 0 Å². The third kappa shape index (κ3) is 2.08. The summed E-state index contributed by atoms with van der Waals surface area (Å²) in [6.07, 6.45) is 1.57. The summed E-state index contributed by atoms with van der Waals surface area (Å²) in [7, 11) is 0. The number of H-pyrrole nitrogens is 1. The number of hydrogen-bond donors (Lipinski definition) is 3. The summed E-state index contributed by atoms with van der Waals surface area (Å²) in [5.41, 5.74) is 7.88. The molecule has 6 nitrogen and oxygen atoms in total. The number of nitrogens with one attached hydrogen (secondary N) is 2. The Labute approximate surface area is 116 Å². The van der Waals surface area contributed by atoms with Gasteiger partial charge in [0, 0.05) is 9.26 Å². The van der Waals surface area contributed by atoms with Gasteiger partial charge in [0.15, 0.2) is 11.5 Å². The smallest absolute Gasteiger partial charge is 0.224 e. The number of anilines is 3. The lowest BCUT2D eigenvalue weighted by molar-refractivity contribution is 1.21. The van der Waals surface area contributed by atoms with E-state index >= 15 is 0 Å². The number of halogens is 1. The summed E-state index contributed by atoms with van der Waals surface area (Å²) in [4.78, 5) is 15.3. The number of nitrogen functional groups attached to an aromatic ring is 1. The minimum Gasteiger partial charge on any atom is -0.368 e. The molecule has 0 bridgehead atoms. The molecule has 0 fully saturated rings. The van der Waals surface area contributed by atoms with Crippen LogP contribution in [0.4, 0.5) is 17.5 Å². The first-order valence-electron chi connectivity index (χ1n) is 5.21. The molecule has 0 atom stereocenters. The van der Waals surface area contributed by atoms with E-state index < -0.39 is 0 Å². The first-order valence-corrected chi connectivity index (χ1v) is 6.29. The van der Waals surface area contributed by atoms with Crippen molar-refractivity contribution in [3.05, 3.63) is 34.2 Å². The normalized spacial score (nSPS) is 10.7. The average molecular weight is 352 g/mol. The van der Waals surface area contributed by atoms with Gasteiger partial charge in [0.05, 0.1) is 6.33 Å². The zero-order chi connectivity index (χ0) is 12.5. The standard InChI is InChI=1S/C11H9IN6/c12-6-2-1-3-7(4-6)16-10-8-9(15-5-14-8)17-11(13)18-10/h1-5H,(H4,13,14,15,16,17,18). The molecule has 0 aliphatic carbocycles. The van der Waals surface area contributed by atoms with Gasteiger partial charge in [-0.15, -0.1) is 0 Å². The summed E-state index contributed by atoms with van der Waals surface area (Å²) in [6.45, 7) is 0. The van der Waals surface area contributed by atoms with Crippen molar-refractivity contribution in [2.75, 3.05) is 11.1 Å². The molecule has 0 aliphatic rings. The number of fused-ring (bicyclic) bond motifs is 1. The molecular weight excluding hydrogens is 343 g/mol. The Hall–Kier alpha value is -1.90. The molecule has 0 saturated carbocycles. The highest BCUT2D eigenvalue weighted by molar-refractivity contribution is 14.1. The maximum Gasteiger partial charge on any atom is 0.224 e. The highest BCUT2D eigenvalue weighted by Gasteiger charge is 2.08. The number of benzene rings is 1. The van der Waals surface area contributed by atoms with Gasteiger partial charge in [0.1, 0.15) is 5.52 Å². The molecule has 7 heteroatoms. The molecule has 0 unspecified atom stereocenters. The van der Waals surface area contributed by atoms with Crippen molar-refractivity contribution in [1.82, 2.24) is 19.9 Å². The van der Waals surface area contributed by atoms with Gasteiger partial charge in [0.2, 0.25) is 5.95 Å². The third-order valence-corrected chi connectivity index (χ3v) is 3.06. The second-order valence-electron chi connectivity index (χ2n) is 3.67. The SMILES string of the molecule is Nc1nc(Nc2cccc(I)c2)c2[nH]cnc2n1. The molecule has 0 radical (unpaired) electrons. The van der Waals surface area contributed by atoms with E-state index in [-0.39, 0.29) is 5.95 Å². The van der Waals surface area contributed by atoms with Crippen LogP contribution in [0, 0.1) is 3.57 Å². The van der Waals surface area contributed by atoms with Crippen molar-refractivity contribution in [2.24, 2.45) is 0 Å². The number of aromatic amines is 1. The van der Waals surface area contributed by atoms with Gasteiger partial charge in [-0.25, -0.2) is 4.98 Å². The fourth-order valence-corrected chi connectivity index (χ4v) is 2.19. The summed E-state index contributed by atoms with van der Waals surface area (Å²) < 4.78 is 1.14. The predicted octanol–water partition coefficient (Wildman–Crippen LogP) is 2.28. The summed E-state index contributed by atoms with van der Waals surface area (Å²) in [5, 5.41) is 3.21. The second kappa shape index (κ2) is 4.41. The van der Waals surface area contributed by atoms with Crippen LogP contribution in [0.1, 0.15) is 0 Å². The molecule has 0 aliphatic heterocycles. The molecular formula is C11H9IN6. The van der Waals surface area contributed by atoms with Gasteiger partial charge in [-0.1, -0.05) is 6.07 Å². The zero-order valence-electron chi connectivity index (χ0n) is 9.18. The van der Waals surface area contributed by atoms with Gasteiger partial charge in [-0.3, -0.25) is 0 Å². The predicted molar refractivity (Wildman–Crippen MR) is 78.5 cm³/mol. The summed E-state index contributed by atoms with van der Waals surface area (Å²) >= 11 is 2.25. The molecule has 18 heavy (non-hydrogen) atoms. The largest absolute Gasteiger partial charge is 0.368 e. The summed E-state index contributed by atoms with van der Waals surface area (Å²) in [5.74, 6) is 0.819. The minimum atomic E-state index is 0.197. The van der Waals surface area contributed by atoms with E-state index in [9.17, 15) is 0 Å². The van der Waals surface area contributed by atoms with Crippen LogP contribution in [-0.2, 0) is 0 Å². The maximum absolute atomic E-state index is 5.65. The molecule has 2 aromatic heterocycles. The monoisotopic (exact) mass is 352 g/mol. The first kappa shape index (κ1) is 11.2. The fraction of sp³-hybridized carbons (Fsp3) is 0. The van der Waals surface area contributed by atoms with Crippen LogP contribution < -0.4 is 11.1 Å². The molecule has 0 saturated heterocycles. The van der Waals surface area contributed by atoms with Crippen LogP contribution in [0.3, 0.4) is 0 Å². The molecule has 3 rings (SSSR count). The minimum absolute atomic E-state index is 0.197. The average Bonchev–Trinajstić information content (AvgIpc) is 2.77. The lowest BCUT2D eigenvalue weighted by Crippen LogP contribution is -2.01. The molecule has 3 aromatic rings. The number of nitrogens with two attached hydrogens (primary N) is 1. The van der Waals surface area contributed by atoms with E-state index in [1.165, 1.54) is 0 Å². The van der Waals surface area contributed by atoms with E-state index in [1.54, 1.807) is 6.33 Å². The topological polar surface area (TPSA) is 92.5 Å². The first-order chi connectivity index (χ1) is 8.72. The second-order valence-corrected chi connectivity index (χ2v) is 4.91. The van der Waals surface area contributed by atoms with E-state index in [4.69, 9.17) is 5.73 Å². The Kier molecular flexibility index (Phi) is 2.74. The van der Waals surface area contributed by atoms with Crippen molar-refractivity contribution < 1.29 is 0 Å². The van der Waals surface area contributed by atoms with E-state index in [1.807, 2.05) is 24.3 Å². The molecule has 1 aromatic carbocycles. The highest BCUT2D eigenvalue weighted by Crippen LogP contribution is 2.22. The van der Waals surface area contributed by atoms with Crippen molar-refractivity contribution in [3.63, 3.8) is 0 Å². The molecule has 0 amide bonds. The van der Waals surface area contributed by atoms with Crippen LogP contribution in [0.2, 0.25) is 0 Å². The van der Waals surface area contributed by atoms with Crippen molar-refractivity contribution >= 4 is 51.2 Å². The molecule has 90 valence electrons. The van der Waals surface area contributed by atoms with E-state index in [2.05, 4.69) is 47.8 Å². The van der Waals surface area contributed by atoms with Gasteiger partial charge in [-0.2, -0.15) is 9.97 Å². The van der Waals surface area contributed by atoms with E-state index in [0.717, 1.165) is 14.8 Å². The fourth-order valence-electron chi connectivity index (χ4n) is 1.64. The Morgan fingerprint density at radius 2 is 2.17 bits per heavy atom. The van der Waals surface area contributed by atoms with Gasteiger partial charge in [0.25, 0.3) is 0 Å². The third-order valence-electron chi connectivity index (χ3n) is 2.39. The number of hydrogen-bond acceptors (Lipinski definition) is 5. The number of imidazole rings is 1. The quantitative estimate of drug-likeness (QED) is 0.616. The lowest BCUT2D eigenvalue weighted by atomic mass is 10.3. The van der Waals surface area contributed by atoms with Gasteiger partial charge >= 0.3 is 0 Å². The molecule has 2 heterocycles. The Balaban J connectivity index is 2.06. The van der Waals surface area contributed by atoms with Crippen LogP contribution in [0.15, 0.2) is 30.6 Å². The van der Waals surface area contributed by atoms with Gasteiger partial charge in [-0.05, 0) is 40.8 Å².